The van der Waals surface area contributed by atoms with E-state index >= 15 is 0 Å². The van der Waals surface area contributed by atoms with Gasteiger partial charge in [-0.1, -0.05) is 12.7 Å². The lowest BCUT2D eigenvalue weighted by Crippen LogP contribution is -2.03. The number of hydrogen-bond acceptors (Lipinski definition) is 4. The first-order chi connectivity index (χ1) is 4.88. The summed E-state index contributed by atoms with van der Waals surface area (Å²) in [5.41, 5.74) is 6.71. The smallest absolute Gasteiger partial charge is 0.246 e. The first-order valence-corrected chi connectivity index (χ1v) is 3.87. The average molecular weight is 156 g/mol. The van der Waals surface area contributed by atoms with Gasteiger partial charge in [-0.2, -0.15) is 0 Å². The summed E-state index contributed by atoms with van der Waals surface area (Å²) in [6.45, 7) is 4.22. The molecule has 0 aliphatic carbocycles. The van der Waals surface area contributed by atoms with E-state index in [1.807, 2.05) is 0 Å². The van der Waals surface area contributed by atoms with E-state index in [0.717, 1.165) is 10.7 Å². The van der Waals surface area contributed by atoms with Crippen molar-refractivity contribution >= 4 is 11.8 Å². The molecule has 0 aromatic heterocycles. The number of nitrogens with one attached hydrogen (secondary N) is 1. The summed E-state index contributed by atoms with van der Waals surface area (Å²) in [5, 5.41) is 3.22. The summed E-state index contributed by atoms with van der Waals surface area (Å²) in [5.74, 6) is 1.31. The molecular weight excluding hydrogens is 148 g/mol. The van der Waals surface area contributed by atoms with Crippen LogP contribution in [0.2, 0.25) is 0 Å². The zero-order chi connectivity index (χ0) is 7.40. The second-order valence-electron chi connectivity index (χ2n) is 1.68. The van der Waals surface area contributed by atoms with E-state index in [2.05, 4.69) is 11.7 Å². The van der Waals surface area contributed by atoms with Gasteiger partial charge in [0.1, 0.15) is 0 Å². The molecule has 0 saturated carbocycles. The number of nitrogens with zero attached hydrogens (tertiary/aromatic N) is 1. The number of allylic oxidation sites excluding steroid dienone is 1. The van der Waals surface area contributed by atoms with Crippen LogP contribution < -0.4 is 0 Å². The molecule has 3 nitrogen and oxygen atoms in total. The highest BCUT2D eigenvalue weighted by Crippen LogP contribution is 2.26. The van der Waals surface area contributed by atoms with Gasteiger partial charge in [-0.3, -0.25) is 0 Å². The Morgan fingerprint density at radius 3 is 3.10 bits per heavy atom. The molecule has 1 rings (SSSR count). The molecule has 0 spiro atoms. The van der Waals surface area contributed by atoms with Crippen LogP contribution in [0.15, 0.2) is 28.6 Å². The highest BCUT2D eigenvalue weighted by molar-refractivity contribution is 8.03. The molecule has 4 heteroatoms. The Balaban J connectivity index is 2.81. The van der Waals surface area contributed by atoms with Crippen molar-refractivity contribution in [1.82, 2.24) is 0 Å². The minimum absolute atomic E-state index is 0.395. The van der Waals surface area contributed by atoms with Crippen molar-refractivity contribution < 1.29 is 4.74 Å². The van der Waals surface area contributed by atoms with Crippen molar-refractivity contribution in [2.75, 3.05) is 12.4 Å². The van der Waals surface area contributed by atoms with Gasteiger partial charge in [0.05, 0.1) is 11.5 Å². The van der Waals surface area contributed by atoms with Crippen molar-refractivity contribution in [3.63, 3.8) is 0 Å². The summed E-state index contributed by atoms with van der Waals surface area (Å²) < 4.78 is 5.06. The molecule has 0 saturated heterocycles. The van der Waals surface area contributed by atoms with E-state index < -0.39 is 0 Å². The topological polar surface area (TPSA) is 45.4 Å². The quantitative estimate of drug-likeness (QED) is 0.622. The Bertz CT molecular complexity index is 168. The predicted molar refractivity (Wildman–Crippen MR) is 40.8 cm³/mol. The fraction of sp³-hybridized carbons (Fsp3) is 0.333. The third-order valence-electron chi connectivity index (χ3n) is 1.08. The third-order valence-corrected chi connectivity index (χ3v) is 2.10. The maximum absolute atomic E-state index is 6.71. The van der Waals surface area contributed by atoms with Gasteiger partial charge in [-0.25, -0.2) is 5.53 Å². The summed E-state index contributed by atoms with van der Waals surface area (Å²) in [7, 11) is 0. The SMILES string of the molecule is C=CC1=C(N=N)OCCS1. The molecule has 0 unspecified atom stereocenters. The minimum Gasteiger partial charge on any atom is -0.475 e. The van der Waals surface area contributed by atoms with Crippen molar-refractivity contribution in [3.8, 4) is 0 Å². The minimum atomic E-state index is 0.395. The van der Waals surface area contributed by atoms with Crippen LogP contribution in [0.5, 0.6) is 0 Å². The first-order valence-electron chi connectivity index (χ1n) is 2.88. The van der Waals surface area contributed by atoms with Crippen LogP contribution in [0.3, 0.4) is 0 Å². The lowest BCUT2D eigenvalue weighted by Gasteiger charge is -2.13. The molecule has 1 heterocycles. The van der Waals surface area contributed by atoms with Crippen molar-refractivity contribution in [2.45, 2.75) is 0 Å². The van der Waals surface area contributed by atoms with Gasteiger partial charge in [0.15, 0.2) is 0 Å². The highest BCUT2D eigenvalue weighted by atomic mass is 32.2. The number of rotatable bonds is 2. The normalized spacial score (nSPS) is 18.0. The summed E-state index contributed by atoms with van der Waals surface area (Å²) in [6, 6.07) is 0. The summed E-state index contributed by atoms with van der Waals surface area (Å²) in [6.07, 6.45) is 1.66. The standard InChI is InChI=1S/C6H8N2OS/c1-2-5-6(8-7)9-3-4-10-5/h2,7H,1,3-4H2. The molecular formula is C6H8N2OS. The third kappa shape index (κ3) is 1.39. The summed E-state index contributed by atoms with van der Waals surface area (Å²) in [4.78, 5) is 0.862. The van der Waals surface area contributed by atoms with Gasteiger partial charge in [0, 0.05) is 5.75 Å². The van der Waals surface area contributed by atoms with Crippen molar-refractivity contribution in [1.29, 1.82) is 5.53 Å². The zero-order valence-electron chi connectivity index (χ0n) is 5.46. The second kappa shape index (κ2) is 3.41. The number of hydrogen-bond donors (Lipinski definition) is 1. The Hall–Kier alpha value is -0.770. The molecule has 0 atom stereocenters. The van der Waals surface area contributed by atoms with Crippen molar-refractivity contribution in [2.24, 2.45) is 5.11 Å². The maximum atomic E-state index is 6.71. The molecule has 1 aliphatic rings. The van der Waals surface area contributed by atoms with Crippen LogP contribution in [0.4, 0.5) is 0 Å². The van der Waals surface area contributed by atoms with Crippen LogP contribution in [-0.2, 0) is 4.74 Å². The Labute approximate surface area is 63.7 Å². The van der Waals surface area contributed by atoms with E-state index in [4.69, 9.17) is 10.3 Å². The molecule has 0 fully saturated rings. The van der Waals surface area contributed by atoms with Crippen LogP contribution in [0, 0.1) is 5.53 Å². The summed E-state index contributed by atoms with van der Waals surface area (Å²) >= 11 is 1.62. The molecule has 0 aromatic carbocycles. The van der Waals surface area contributed by atoms with Crippen LogP contribution in [0.25, 0.3) is 0 Å². The Kier molecular flexibility index (Phi) is 2.50. The van der Waals surface area contributed by atoms with Crippen LogP contribution in [-0.4, -0.2) is 12.4 Å². The Morgan fingerprint density at radius 1 is 1.80 bits per heavy atom. The second-order valence-corrected chi connectivity index (χ2v) is 2.82. The van der Waals surface area contributed by atoms with E-state index in [0.29, 0.717) is 12.5 Å². The molecule has 0 amide bonds. The van der Waals surface area contributed by atoms with E-state index in [-0.39, 0.29) is 0 Å². The molecule has 54 valence electrons. The van der Waals surface area contributed by atoms with E-state index in [1.165, 1.54) is 0 Å². The molecule has 10 heavy (non-hydrogen) atoms. The van der Waals surface area contributed by atoms with Crippen LogP contribution in [0.1, 0.15) is 0 Å². The van der Waals surface area contributed by atoms with Gasteiger partial charge >= 0.3 is 0 Å². The number of thioether (sulfide) groups is 1. The maximum Gasteiger partial charge on any atom is 0.246 e. The lowest BCUT2D eigenvalue weighted by molar-refractivity contribution is 0.221. The fourth-order valence-electron chi connectivity index (χ4n) is 0.656. The predicted octanol–water partition coefficient (Wildman–Crippen LogP) is 2.14. The van der Waals surface area contributed by atoms with E-state index in [9.17, 15) is 0 Å². The molecule has 0 radical (unpaired) electrons. The largest absolute Gasteiger partial charge is 0.475 e. The fourth-order valence-corrected chi connectivity index (χ4v) is 1.39. The lowest BCUT2D eigenvalue weighted by atomic mass is 10.5. The van der Waals surface area contributed by atoms with Crippen LogP contribution >= 0.6 is 11.8 Å². The van der Waals surface area contributed by atoms with Gasteiger partial charge in [0.2, 0.25) is 5.88 Å². The first kappa shape index (κ1) is 7.34. The van der Waals surface area contributed by atoms with Gasteiger partial charge in [-0.05, 0) is 0 Å². The van der Waals surface area contributed by atoms with Gasteiger partial charge in [0.25, 0.3) is 0 Å². The Morgan fingerprint density at radius 2 is 2.60 bits per heavy atom. The zero-order valence-corrected chi connectivity index (χ0v) is 6.28. The molecule has 1 aliphatic heterocycles. The van der Waals surface area contributed by atoms with Gasteiger partial charge in [-0.15, -0.1) is 16.9 Å². The number of ether oxygens (including phenoxy) is 1. The van der Waals surface area contributed by atoms with Crippen molar-refractivity contribution in [3.05, 3.63) is 23.4 Å². The monoisotopic (exact) mass is 156 g/mol. The molecule has 1 N–H and O–H groups in total. The molecule has 0 bridgehead atoms. The molecule has 0 aromatic rings. The highest BCUT2D eigenvalue weighted by Gasteiger charge is 2.10. The average Bonchev–Trinajstić information content (AvgIpc) is 2.04. The van der Waals surface area contributed by atoms with Gasteiger partial charge < -0.3 is 4.74 Å². The van der Waals surface area contributed by atoms with E-state index in [1.54, 1.807) is 17.8 Å².